The molecule has 0 fully saturated rings. The largest absolute Gasteiger partial charge is 0.497 e. The van der Waals surface area contributed by atoms with E-state index in [1.807, 2.05) is 37.3 Å². The van der Waals surface area contributed by atoms with E-state index >= 15 is 0 Å². The number of ether oxygens (including phenoxy) is 2. The van der Waals surface area contributed by atoms with Crippen LogP contribution in [0.2, 0.25) is 0 Å². The number of fused-ring (bicyclic) bond motifs is 1. The van der Waals surface area contributed by atoms with Crippen molar-refractivity contribution in [2.45, 2.75) is 12.3 Å². The van der Waals surface area contributed by atoms with E-state index in [9.17, 15) is 4.79 Å². The second kappa shape index (κ2) is 4.67. The van der Waals surface area contributed by atoms with Crippen molar-refractivity contribution in [1.29, 1.82) is 0 Å². The summed E-state index contributed by atoms with van der Waals surface area (Å²) in [6.45, 7) is 2.28. The molecule has 1 atom stereocenters. The van der Waals surface area contributed by atoms with Crippen LogP contribution in [0.5, 0.6) is 11.5 Å². The van der Waals surface area contributed by atoms with Gasteiger partial charge < -0.3 is 9.47 Å². The number of carbonyl (C=O) groups is 1. The van der Waals surface area contributed by atoms with E-state index < -0.39 is 5.41 Å². The molecule has 0 radical (unpaired) electrons. The molecular formula is C17H16O3. The Labute approximate surface area is 118 Å². The zero-order valence-electron chi connectivity index (χ0n) is 11.6. The molecule has 102 valence electrons. The summed E-state index contributed by atoms with van der Waals surface area (Å²) in [6.07, 6.45) is 0. The Balaban J connectivity index is 2.08. The molecule has 3 nitrogen and oxygen atoms in total. The summed E-state index contributed by atoms with van der Waals surface area (Å²) in [5.41, 5.74) is 0.904. The minimum absolute atomic E-state index is 0.0730. The Morgan fingerprint density at radius 3 is 2.60 bits per heavy atom. The van der Waals surface area contributed by atoms with E-state index in [2.05, 4.69) is 0 Å². The molecule has 1 aliphatic rings. The average molecular weight is 268 g/mol. The van der Waals surface area contributed by atoms with Gasteiger partial charge in [0.05, 0.1) is 18.1 Å². The van der Waals surface area contributed by atoms with Gasteiger partial charge in [-0.15, -0.1) is 0 Å². The van der Waals surface area contributed by atoms with Crippen LogP contribution in [0, 0.1) is 0 Å². The fourth-order valence-corrected chi connectivity index (χ4v) is 2.54. The second-order valence-corrected chi connectivity index (χ2v) is 5.18. The molecule has 3 rings (SSSR count). The molecule has 0 aliphatic carbocycles. The number of methoxy groups -OCH3 is 1. The summed E-state index contributed by atoms with van der Waals surface area (Å²) in [7, 11) is 1.59. The van der Waals surface area contributed by atoms with Crippen molar-refractivity contribution in [3.05, 3.63) is 59.7 Å². The Hall–Kier alpha value is -2.29. The number of hydrogen-bond donors (Lipinski definition) is 0. The molecule has 2 aromatic carbocycles. The smallest absolute Gasteiger partial charge is 0.180 e. The summed E-state index contributed by atoms with van der Waals surface area (Å²) in [5, 5.41) is 0. The van der Waals surface area contributed by atoms with Crippen LogP contribution >= 0.6 is 0 Å². The van der Waals surface area contributed by atoms with E-state index in [0.29, 0.717) is 23.7 Å². The van der Waals surface area contributed by atoms with Crippen LogP contribution < -0.4 is 9.47 Å². The third kappa shape index (κ3) is 1.86. The van der Waals surface area contributed by atoms with Crippen molar-refractivity contribution >= 4 is 5.78 Å². The highest BCUT2D eigenvalue weighted by atomic mass is 16.5. The summed E-state index contributed by atoms with van der Waals surface area (Å²) >= 11 is 0. The minimum atomic E-state index is -0.652. The molecule has 20 heavy (non-hydrogen) atoms. The molecule has 0 bridgehead atoms. The molecule has 1 heterocycles. The highest BCUT2D eigenvalue weighted by Crippen LogP contribution is 2.38. The van der Waals surface area contributed by atoms with Gasteiger partial charge in [-0.1, -0.05) is 30.3 Å². The lowest BCUT2D eigenvalue weighted by Crippen LogP contribution is -2.42. The Kier molecular flexibility index (Phi) is 2.97. The number of hydrogen-bond acceptors (Lipinski definition) is 3. The highest BCUT2D eigenvalue weighted by molar-refractivity contribution is 6.07. The topological polar surface area (TPSA) is 35.5 Å². The summed E-state index contributed by atoms with van der Waals surface area (Å²) in [5.74, 6) is 1.37. The minimum Gasteiger partial charge on any atom is -0.497 e. The van der Waals surface area contributed by atoms with Gasteiger partial charge in [0.25, 0.3) is 0 Å². The van der Waals surface area contributed by atoms with Crippen LogP contribution in [0.4, 0.5) is 0 Å². The fourth-order valence-electron chi connectivity index (χ4n) is 2.54. The summed E-state index contributed by atoms with van der Waals surface area (Å²) in [6, 6.07) is 15.1. The standard InChI is InChI=1S/C17H16O3/c1-17(12-6-4-3-5-7-12)11-20-15-9-8-13(19-2)10-14(15)16(17)18/h3-10H,11H2,1-2H3/t17-/m1/s1. The fraction of sp³-hybridized carbons (Fsp3) is 0.235. The first-order chi connectivity index (χ1) is 9.65. The first kappa shape index (κ1) is 12.7. The lowest BCUT2D eigenvalue weighted by Gasteiger charge is -2.33. The van der Waals surface area contributed by atoms with Gasteiger partial charge in [-0.05, 0) is 30.7 Å². The maximum atomic E-state index is 12.9. The van der Waals surface area contributed by atoms with Gasteiger partial charge in [0.2, 0.25) is 0 Å². The molecule has 0 N–H and O–H groups in total. The van der Waals surface area contributed by atoms with Gasteiger partial charge in [-0.2, -0.15) is 0 Å². The van der Waals surface area contributed by atoms with Crippen LogP contribution in [0.1, 0.15) is 22.8 Å². The number of benzene rings is 2. The van der Waals surface area contributed by atoms with Gasteiger partial charge in [-0.25, -0.2) is 0 Å². The Bertz CT molecular complexity index is 649. The first-order valence-electron chi connectivity index (χ1n) is 6.56. The van der Waals surface area contributed by atoms with Crippen LogP contribution in [-0.4, -0.2) is 19.5 Å². The van der Waals surface area contributed by atoms with Crippen molar-refractivity contribution < 1.29 is 14.3 Å². The SMILES string of the molecule is COc1ccc2c(c1)C(=O)[C@@](C)(c1ccccc1)CO2. The van der Waals surface area contributed by atoms with Gasteiger partial charge >= 0.3 is 0 Å². The van der Waals surface area contributed by atoms with E-state index in [0.717, 1.165) is 5.56 Å². The molecule has 1 aliphatic heterocycles. The van der Waals surface area contributed by atoms with Gasteiger partial charge in [0.1, 0.15) is 18.1 Å². The van der Waals surface area contributed by atoms with E-state index in [-0.39, 0.29) is 5.78 Å². The Morgan fingerprint density at radius 2 is 1.90 bits per heavy atom. The first-order valence-corrected chi connectivity index (χ1v) is 6.56. The molecule has 3 heteroatoms. The molecule has 2 aromatic rings. The van der Waals surface area contributed by atoms with Gasteiger partial charge in [-0.3, -0.25) is 4.79 Å². The van der Waals surface area contributed by atoms with Crippen molar-refractivity contribution in [1.82, 2.24) is 0 Å². The number of Topliss-reactive ketones (excluding diaryl/α,β-unsaturated/α-hetero) is 1. The van der Waals surface area contributed by atoms with E-state index in [4.69, 9.17) is 9.47 Å². The van der Waals surface area contributed by atoms with Gasteiger partial charge in [0, 0.05) is 0 Å². The third-order valence-corrected chi connectivity index (χ3v) is 3.86. The average Bonchev–Trinajstić information content (AvgIpc) is 2.52. The van der Waals surface area contributed by atoms with Crippen LogP contribution in [0.3, 0.4) is 0 Å². The maximum absolute atomic E-state index is 12.9. The predicted molar refractivity (Wildman–Crippen MR) is 76.6 cm³/mol. The molecule has 0 unspecified atom stereocenters. The quantitative estimate of drug-likeness (QED) is 0.839. The van der Waals surface area contributed by atoms with Crippen LogP contribution in [-0.2, 0) is 5.41 Å². The summed E-state index contributed by atoms with van der Waals surface area (Å²) < 4.78 is 11.0. The molecule has 0 amide bonds. The van der Waals surface area contributed by atoms with Crippen LogP contribution in [0.15, 0.2) is 48.5 Å². The zero-order chi connectivity index (χ0) is 14.2. The molecular weight excluding hydrogens is 252 g/mol. The third-order valence-electron chi connectivity index (χ3n) is 3.86. The van der Waals surface area contributed by atoms with Crippen molar-refractivity contribution in [3.8, 4) is 11.5 Å². The van der Waals surface area contributed by atoms with E-state index in [1.165, 1.54) is 0 Å². The lowest BCUT2D eigenvalue weighted by molar-refractivity contribution is 0.0791. The highest BCUT2D eigenvalue weighted by Gasteiger charge is 2.41. The van der Waals surface area contributed by atoms with Crippen LogP contribution in [0.25, 0.3) is 0 Å². The summed E-state index contributed by atoms with van der Waals surface area (Å²) in [4.78, 5) is 12.9. The molecule has 0 saturated carbocycles. The molecule has 0 saturated heterocycles. The number of rotatable bonds is 2. The zero-order valence-corrected chi connectivity index (χ0v) is 11.6. The van der Waals surface area contributed by atoms with E-state index in [1.54, 1.807) is 25.3 Å². The number of carbonyl (C=O) groups excluding carboxylic acids is 1. The normalized spacial score (nSPS) is 21.0. The van der Waals surface area contributed by atoms with Gasteiger partial charge in [0.15, 0.2) is 5.78 Å². The lowest BCUT2D eigenvalue weighted by atomic mass is 9.75. The monoisotopic (exact) mass is 268 g/mol. The number of ketones is 1. The molecule has 0 spiro atoms. The van der Waals surface area contributed by atoms with Crippen molar-refractivity contribution in [3.63, 3.8) is 0 Å². The molecule has 0 aromatic heterocycles. The second-order valence-electron chi connectivity index (χ2n) is 5.18. The predicted octanol–water partition coefficient (Wildman–Crippen LogP) is 3.23. The maximum Gasteiger partial charge on any atom is 0.180 e. The Morgan fingerprint density at radius 1 is 1.15 bits per heavy atom. The van der Waals surface area contributed by atoms with Crippen molar-refractivity contribution in [2.24, 2.45) is 0 Å². The van der Waals surface area contributed by atoms with Crippen molar-refractivity contribution in [2.75, 3.05) is 13.7 Å².